The molecule has 0 saturated heterocycles. The fourth-order valence-corrected chi connectivity index (χ4v) is 4.30. The van der Waals surface area contributed by atoms with E-state index in [2.05, 4.69) is 46.6 Å². The maximum absolute atomic E-state index is 12.4. The summed E-state index contributed by atoms with van der Waals surface area (Å²) in [5.41, 5.74) is 5.58. The van der Waals surface area contributed by atoms with Gasteiger partial charge in [-0.3, -0.25) is 4.79 Å². The highest BCUT2D eigenvalue weighted by molar-refractivity contribution is 5.80. The molecule has 148 valence electrons. The summed E-state index contributed by atoms with van der Waals surface area (Å²) < 4.78 is 5.90. The van der Waals surface area contributed by atoms with Crippen LogP contribution >= 0.6 is 0 Å². The van der Waals surface area contributed by atoms with E-state index in [-0.39, 0.29) is 5.91 Å². The minimum absolute atomic E-state index is 0.0421. The van der Waals surface area contributed by atoms with Gasteiger partial charge in [0.1, 0.15) is 5.75 Å². The average molecular weight is 379 g/mol. The van der Waals surface area contributed by atoms with E-state index in [9.17, 15) is 4.79 Å². The lowest BCUT2D eigenvalue weighted by atomic mass is 9.92. The molecule has 4 rings (SSSR count). The number of hydrogen-bond acceptors (Lipinski definition) is 3. The van der Waals surface area contributed by atoms with Crippen LogP contribution in [0.25, 0.3) is 0 Å². The van der Waals surface area contributed by atoms with Crippen LogP contribution < -0.4 is 15.0 Å². The average Bonchev–Trinajstić information content (AvgIpc) is 3.14. The number of nitrogens with one attached hydrogen (secondary N) is 1. The van der Waals surface area contributed by atoms with E-state index < -0.39 is 6.10 Å². The zero-order chi connectivity index (χ0) is 19.3. The maximum Gasteiger partial charge on any atom is 0.260 e. The molecule has 1 N–H and O–H groups in total. The number of rotatable bonds is 7. The molecular weight excluding hydrogens is 348 g/mol. The first-order valence-corrected chi connectivity index (χ1v) is 10.6. The Balaban J connectivity index is 1.21. The van der Waals surface area contributed by atoms with Crippen molar-refractivity contribution in [3.05, 3.63) is 59.2 Å². The highest BCUT2D eigenvalue weighted by Gasteiger charge is 2.19. The standard InChI is InChI=1S/C24H30N2O2/c1-18(28-22-12-11-19-7-2-3-9-21(19)17-22)24(27)25-14-6-15-26-16-13-20-8-4-5-10-23(20)26/h4-5,8,10-12,17-18H,2-3,6-7,9,13-16H2,1H3,(H,25,27)/t18-/m0/s1. The number of carbonyl (C=O) groups is 1. The Kier molecular flexibility index (Phi) is 5.84. The first kappa shape index (κ1) is 18.9. The van der Waals surface area contributed by atoms with E-state index in [4.69, 9.17) is 4.74 Å². The molecule has 1 aliphatic heterocycles. The number of benzene rings is 2. The van der Waals surface area contributed by atoms with E-state index in [1.165, 1.54) is 35.2 Å². The summed E-state index contributed by atoms with van der Waals surface area (Å²) in [7, 11) is 0. The van der Waals surface area contributed by atoms with Gasteiger partial charge >= 0.3 is 0 Å². The molecule has 2 aromatic carbocycles. The lowest BCUT2D eigenvalue weighted by Gasteiger charge is -2.20. The molecule has 0 unspecified atom stereocenters. The molecule has 0 aromatic heterocycles. The first-order chi connectivity index (χ1) is 13.7. The van der Waals surface area contributed by atoms with Gasteiger partial charge in [-0.15, -0.1) is 0 Å². The smallest absolute Gasteiger partial charge is 0.260 e. The summed E-state index contributed by atoms with van der Waals surface area (Å²) in [6.45, 7) is 4.55. The molecule has 4 heteroatoms. The third kappa shape index (κ3) is 4.32. The monoisotopic (exact) mass is 378 g/mol. The van der Waals surface area contributed by atoms with Crippen molar-refractivity contribution in [3.63, 3.8) is 0 Å². The van der Waals surface area contributed by atoms with E-state index in [0.29, 0.717) is 6.54 Å². The highest BCUT2D eigenvalue weighted by atomic mass is 16.5. The van der Waals surface area contributed by atoms with Crippen LogP contribution in [0.15, 0.2) is 42.5 Å². The molecule has 2 aromatic rings. The molecule has 1 amide bonds. The molecule has 2 aliphatic rings. The minimum atomic E-state index is -0.478. The number of anilines is 1. The van der Waals surface area contributed by atoms with Crippen LogP contribution in [0.2, 0.25) is 0 Å². The van der Waals surface area contributed by atoms with E-state index >= 15 is 0 Å². The third-order valence-corrected chi connectivity index (χ3v) is 5.89. The molecule has 0 saturated carbocycles. The summed E-state index contributed by atoms with van der Waals surface area (Å²) in [5.74, 6) is 0.761. The number of aryl methyl sites for hydroxylation is 2. The Morgan fingerprint density at radius 1 is 1.07 bits per heavy atom. The summed E-state index contributed by atoms with van der Waals surface area (Å²) >= 11 is 0. The molecular formula is C24H30N2O2. The number of nitrogens with zero attached hydrogens (tertiary/aromatic N) is 1. The number of carbonyl (C=O) groups excluding carboxylic acids is 1. The molecule has 1 heterocycles. The number of hydrogen-bond donors (Lipinski definition) is 1. The minimum Gasteiger partial charge on any atom is -0.481 e. The summed E-state index contributed by atoms with van der Waals surface area (Å²) in [4.78, 5) is 14.8. The number of fused-ring (bicyclic) bond motifs is 2. The van der Waals surface area contributed by atoms with E-state index in [0.717, 1.165) is 44.5 Å². The largest absolute Gasteiger partial charge is 0.481 e. The van der Waals surface area contributed by atoms with Crippen molar-refractivity contribution in [2.45, 2.75) is 51.6 Å². The van der Waals surface area contributed by atoms with Gasteiger partial charge in [-0.25, -0.2) is 0 Å². The van der Waals surface area contributed by atoms with Gasteiger partial charge in [-0.2, -0.15) is 0 Å². The molecule has 0 fully saturated rings. The predicted octanol–water partition coefficient (Wildman–Crippen LogP) is 3.90. The van der Waals surface area contributed by atoms with Crippen molar-refractivity contribution < 1.29 is 9.53 Å². The van der Waals surface area contributed by atoms with Crippen molar-refractivity contribution in [1.82, 2.24) is 5.32 Å². The Hall–Kier alpha value is -2.49. The lowest BCUT2D eigenvalue weighted by molar-refractivity contribution is -0.127. The molecule has 1 aliphatic carbocycles. The SMILES string of the molecule is C[C@H](Oc1ccc2c(c1)CCCC2)C(=O)NCCCN1CCc2ccccc21. The Labute approximate surface area is 167 Å². The van der Waals surface area contributed by atoms with Crippen LogP contribution in [0.5, 0.6) is 5.75 Å². The first-order valence-electron chi connectivity index (χ1n) is 10.6. The van der Waals surface area contributed by atoms with Crippen LogP contribution in [0, 0.1) is 0 Å². The van der Waals surface area contributed by atoms with Crippen LogP contribution in [0.1, 0.15) is 42.9 Å². The number of amides is 1. The highest BCUT2D eigenvalue weighted by Crippen LogP contribution is 2.27. The Bertz CT molecular complexity index is 833. The molecule has 1 atom stereocenters. The van der Waals surface area contributed by atoms with E-state index in [1.54, 1.807) is 0 Å². The second-order valence-corrected chi connectivity index (χ2v) is 7.91. The fourth-order valence-electron chi connectivity index (χ4n) is 4.30. The van der Waals surface area contributed by atoms with Crippen molar-refractivity contribution in [2.75, 3.05) is 24.5 Å². The van der Waals surface area contributed by atoms with Gasteiger partial charge in [0, 0.05) is 25.3 Å². The van der Waals surface area contributed by atoms with Crippen LogP contribution in [0.4, 0.5) is 5.69 Å². The van der Waals surface area contributed by atoms with Gasteiger partial charge in [0.15, 0.2) is 6.10 Å². The van der Waals surface area contributed by atoms with Gasteiger partial charge in [-0.05, 0) is 80.3 Å². The van der Waals surface area contributed by atoms with Gasteiger partial charge < -0.3 is 15.0 Å². The van der Waals surface area contributed by atoms with Crippen molar-refractivity contribution >= 4 is 11.6 Å². The van der Waals surface area contributed by atoms with Crippen LogP contribution in [0.3, 0.4) is 0 Å². The zero-order valence-corrected chi connectivity index (χ0v) is 16.7. The Morgan fingerprint density at radius 3 is 2.79 bits per heavy atom. The van der Waals surface area contributed by atoms with Crippen molar-refractivity contribution in [2.24, 2.45) is 0 Å². The van der Waals surface area contributed by atoms with Gasteiger partial charge in [0.2, 0.25) is 0 Å². The van der Waals surface area contributed by atoms with Gasteiger partial charge in [0.05, 0.1) is 0 Å². The Morgan fingerprint density at radius 2 is 1.89 bits per heavy atom. The number of ether oxygens (including phenoxy) is 1. The lowest BCUT2D eigenvalue weighted by Crippen LogP contribution is -2.37. The third-order valence-electron chi connectivity index (χ3n) is 5.89. The number of para-hydroxylation sites is 1. The second-order valence-electron chi connectivity index (χ2n) is 7.91. The van der Waals surface area contributed by atoms with Gasteiger partial charge in [-0.1, -0.05) is 24.3 Å². The molecule has 0 spiro atoms. The van der Waals surface area contributed by atoms with Crippen molar-refractivity contribution in [3.8, 4) is 5.75 Å². The quantitative estimate of drug-likeness (QED) is 0.743. The fraction of sp³-hybridized carbons (Fsp3) is 0.458. The summed E-state index contributed by atoms with van der Waals surface area (Å²) in [5, 5.41) is 3.02. The predicted molar refractivity (Wildman–Crippen MR) is 113 cm³/mol. The van der Waals surface area contributed by atoms with Crippen molar-refractivity contribution in [1.29, 1.82) is 0 Å². The van der Waals surface area contributed by atoms with E-state index in [1.807, 2.05) is 13.0 Å². The summed E-state index contributed by atoms with van der Waals surface area (Å²) in [6, 6.07) is 14.9. The normalized spacial score (nSPS) is 16.2. The molecule has 0 radical (unpaired) electrons. The summed E-state index contributed by atoms with van der Waals surface area (Å²) in [6.07, 6.45) is 6.37. The second kappa shape index (κ2) is 8.68. The van der Waals surface area contributed by atoms with Crippen LogP contribution in [-0.2, 0) is 24.1 Å². The molecule has 4 nitrogen and oxygen atoms in total. The maximum atomic E-state index is 12.4. The topological polar surface area (TPSA) is 41.6 Å². The van der Waals surface area contributed by atoms with Gasteiger partial charge in [0.25, 0.3) is 5.91 Å². The van der Waals surface area contributed by atoms with Crippen LogP contribution in [-0.4, -0.2) is 31.6 Å². The molecule has 0 bridgehead atoms. The molecule has 28 heavy (non-hydrogen) atoms. The zero-order valence-electron chi connectivity index (χ0n) is 16.7.